The molecule has 0 bridgehead atoms. The van der Waals surface area contributed by atoms with Crippen molar-refractivity contribution in [3.8, 4) is 0 Å². The molecule has 0 radical (unpaired) electrons. The van der Waals surface area contributed by atoms with Gasteiger partial charge < -0.3 is 4.55 Å². The van der Waals surface area contributed by atoms with E-state index in [2.05, 4.69) is 0 Å². The largest absolute Gasteiger partial charge is 0.482 e. The van der Waals surface area contributed by atoms with Gasteiger partial charge in [0.05, 0.1) is 4.90 Å². The molecule has 0 aliphatic rings. The molecule has 0 spiro atoms. The predicted molar refractivity (Wildman–Crippen MR) is 45.2 cm³/mol. The monoisotopic (exact) mass is 225 g/mol. The van der Waals surface area contributed by atoms with E-state index >= 15 is 0 Å². The summed E-state index contributed by atoms with van der Waals surface area (Å²) in [6, 6.07) is 4.45. The summed E-state index contributed by atoms with van der Waals surface area (Å²) >= 11 is -2.17. The third-order valence-electron chi connectivity index (χ3n) is 1.34. The third kappa shape index (κ3) is 3.35. The molecule has 0 aliphatic heterocycles. The topological polar surface area (TPSA) is 49.3 Å². The number of halogens is 3. The van der Waals surface area contributed by atoms with Gasteiger partial charge in [-0.3, -0.25) is 5.32 Å². The van der Waals surface area contributed by atoms with Crippen molar-refractivity contribution in [1.82, 2.24) is 0 Å². The van der Waals surface area contributed by atoms with Gasteiger partial charge in [0, 0.05) is 5.69 Å². The summed E-state index contributed by atoms with van der Waals surface area (Å²) < 4.78 is 54.4. The fourth-order valence-electron chi connectivity index (χ4n) is 0.818. The van der Waals surface area contributed by atoms with Gasteiger partial charge in [0.2, 0.25) is 0 Å². The second kappa shape index (κ2) is 3.97. The van der Waals surface area contributed by atoms with Crippen LogP contribution in [0, 0.1) is 0 Å². The van der Waals surface area contributed by atoms with Crippen LogP contribution in [0.1, 0.15) is 0 Å². The first-order valence-corrected chi connectivity index (χ1v) is 4.55. The highest BCUT2D eigenvalue weighted by atomic mass is 32.2. The minimum Gasteiger partial charge on any atom is -0.302 e. The fourth-order valence-corrected chi connectivity index (χ4v) is 1.19. The van der Waals surface area contributed by atoms with Crippen molar-refractivity contribution < 1.29 is 21.9 Å². The second-order valence-electron chi connectivity index (χ2n) is 2.40. The molecule has 0 saturated carbocycles. The first-order valence-electron chi connectivity index (χ1n) is 3.44. The first kappa shape index (κ1) is 11.0. The van der Waals surface area contributed by atoms with Gasteiger partial charge in [-0.05, 0) is 24.3 Å². The van der Waals surface area contributed by atoms with Crippen LogP contribution in [0.25, 0.3) is 0 Å². The lowest BCUT2D eigenvalue weighted by Gasteiger charge is -2.09. The molecule has 1 aromatic carbocycles. The van der Waals surface area contributed by atoms with Gasteiger partial charge in [-0.1, -0.05) is 0 Å². The summed E-state index contributed by atoms with van der Waals surface area (Å²) in [5, 5.41) is 1.27. The van der Waals surface area contributed by atoms with Crippen molar-refractivity contribution >= 4 is 16.8 Å². The van der Waals surface area contributed by atoms with Gasteiger partial charge in [0.15, 0.2) is 11.1 Å². The SMILES string of the molecule is O=S(O)c1ccc(NC(F)(F)F)cc1. The summed E-state index contributed by atoms with van der Waals surface area (Å²) in [5.41, 5.74) is -0.174. The maximum Gasteiger partial charge on any atom is 0.482 e. The average Bonchev–Trinajstić information content (AvgIpc) is 2.02. The van der Waals surface area contributed by atoms with Crippen LogP contribution in [-0.2, 0) is 11.1 Å². The molecule has 0 fully saturated rings. The molecule has 3 nitrogen and oxygen atoms in total. The lowest BCUT2D eigenvalue weighted by atomic mass is 10.3. The zero-order valence-corrected chi connectivity index (χ0v) is 7.52. The lowest BCUT2D eigenvalue weighted by molar-refractivity contribution is -0.0999. The molecular weight excluding hydrogens is 219 g/mol. The van der Waals surface area contributed by atoms with E-state index in [1.807, 2.05) is 0 Å². The van der Waals surface area contributed by atoms with Crippen LogP contribution >= 0.6 is 0 Å². The maximum atomic E-state index is 11.8. The Morgan fingerprint density at radius 2 is 1.71 bits per heavy atom. The Labute approximate surface area is 80.2 Å². The van der Waals surface area contributed by atoms with E-state index in [1.54, 1.807) is 0 Å². The van der Waals surface area contributed by atoms with E-state index in [4.69, 9.17) is 4.55 Å². The molecular formula is C7H6F3NO2S. The third-order valence-corrected chi connectivity index (χ3v) is 2.02. The molecule has 1 atom stereocenters. The Hall–Kier alpha value is -1.08. The van der Waals surface area contributed by atoms with Crippen molar-refractivity contribution in [3.63, 3.8) is 0 Å². The number of hydrogen-bond acceptors (Lipinski definition) is 2. The quantitative estimate of drug-likeness (QED) is 0.599. The molecule has 14 heavy (non-hydrogen) atoms. The van der Waals surface area contributed by atoms with Gasteiger partial charge in [-0.25, -0.2) is 4.21 Å². The van der Waals surface area contributed by atoms with E-state index < -0.39 is 17.4 Å². The van der Waals surface area contributed by atoms with Crippen LogP contribution in [-0.4, -0.2) is 15.1 Å². The van der Waals surface area contributed by atoms with Crippen LogP contribution in [0.4, 0.5) is 18.9 Å². The molecule has 2 N–H and O–H groups in total. The van der Waals surface area contributed by atoms with Crippen LogP contribution in [0.15, 0.2) is 29.2 Å². The van der Waals surface area contributed by atoms with Crippen molar-refractivity contribution in [3.05, 3.63) is 24.3 Å². The van der Waals surface area contributed by atoms with Crippen molar-refractivity contribution in [2.45, 2.75) is 11.2 Å². The maximum absolute atomic E-state index is 11.8. The summed E-state index contributed by atoms with van der Waals surface area (Å²) in [4.78, 5) is 0.0534. The minimum atomic E-state index is -4.50. The second-order valence-corrected chi connectivity index (χ2v) is 3.37. The van der Waals surface area contributed by atoms with E-state index in [-0.39, 0.29) is 10.6 Å². The number of alkyl halides is 3. The van der Waals surface area contributed by atoms with Crippen LogP contribution in [0.2, 0.25) is 0 Å². The zero-order valence-electron chi connectivity index (χ0n) is 6.71. The number of rotatable bonds is 2. The van der Waals surface area contributed by atoms with Gasteiger partial charge in [0.25, 0.3) is 0 Å². The van der Waals surface area contributed by atoms with E-state index in [9.17, 15) is 17.4 Å². The number of benzene rings is 1. The number of hydrogen-bond donors (Lipinski definition) is 2. The van der Waals surface area contributed by atoms with Crippen LogP contribution in [0.5, 0.6) is 0 Å². The standard InChI is InChI=1S/C7H6F3NO2S/c8-7(9,10)11-5-1-3-6(4-2-5)14(12)13/h1-4,11H,(H,12,13). The lowest BCUT2D eigenvalue weighted by Crippen LogP contribution is -2.20. The Balaban J connectivity index is 2.79. The predicted octanol–water partition coefficient (Wildman–Crippen LogP) is 2.20. The van der Waals surface area contributed by atoms with E-state index in [0.717, 1.165) is 24.3 Å². The van der Waals surface area contributed by atoms with Crippen molar-refractivity contribution in [1.29, 1.82) is 0 Å². The highest BCUT2D eigenvalue weighted by Crippen LogP contribution is 2.20. The van der Waals surface area contributed by atoms with E-state index in [0.29, 0.717) is 0 Å². The molecule has 0 heterocycles. The number of anilines is 1. The van der Waals surface area contributed by atoms with Crippen molar-refractivity contribution in [2.24, 2.45) is 0 Å². The Bertz CT molecular complexity index is 336. The number of nitrogens with one attached hydrogen (secondary N) is 1. The smallest absolute Gasteiger partial charge is 0.302 e. The summed E-state index contributed by atoms with van der Waals surface area (Å²) in [5.74, 6) is 0. The summed E-state index contributed by atoms with van der Waals surface area (Å²) in [6.07, 6.45) is -4.50. The molecule has 78 valence electrons. The Morgan fingerprint density at radius 3 is 2.07 bits per heavy atom. The summed E-state index contributed by atoms with van der Waals surface area (Å²) in [6.45, 7) is 0. The van der Waals surface area contributed by atoms with Gasteiger partial charge >= 0.3 is 6.30 Å². The fraction of sp³-hybridized carbons (Fsp3) is 0.143. The molecule has 0 aliphatic carbocycles. The summed E-state index contributed by atoms with van der Waals surface area (Å²) in [7, 11) is 0. The minimum absolute atomic E-state index is 0.0534. The zero-order chi connectivity index (χ0) is 10.8. The molecule has 0 saturated heterocycles. The Kier molecular flexibility index (Phi) is 3.12. The molecule has 1 aromatic rings. The molecule has 1 unspecified atom stereocenters. The molecule has 0 amide bonds. The van der Waals surface area contributed by atoms with Crippen molar-refractivity contribution in [2.75, 3.05) is 5.32 Å². The van der Waals surface area contributed by atoms with Gasteiger partial charge in [0.1, 0.15) is 0 Å². The molecule has 1 rings (SSSR count). The van der Waals surface area contributed by atoms with Gasteiger partial charge in [-0.15, -0.1) is 0 Å². The molecule has 7 heteroatoms. The van der Waals surface area contributed by atoms with E-state index in [1.165, 1.54) is 5.32 Å². The van der Waals surface area contributed by atoms with Gasteiger partial charge in [-0.2, -0.15) is 13.2 Å². The van der Waals surface area contributed by atoms with Crippen LogP contribution < -0.4 is 5.32 Å². The molecule has 0 aromatic heterocycles. The highest BCUT2D eigenvalue weighted by molar-refractivity contribution is 7.79. The normalized spacial score (nSPS) is 13.7. The highest BCUT2D eigenvalue weighted by Gasteiger charge is 2.26. The van der Waals surface area contributed by atoms with Crippen LogP contribution in [0.3, 0.4) is 0 Å². The average molecular weight is 225 g/mol. The Morgan fingerprint density at radius 1 is 1.21 bits per heavy atom. The first-order chi connectivity index (χ1) is 6.38.